The van der Waals surface area contributed by atoms with Gasteiger partial charge in [-0.1, -0.05) is 17.7 Å². The maximum absolute atomic E-state index is 5.57. The van der Waals surface area contributed by atoms with Crippen LogP contribution < -0.4 is 9.47 Å². The molecular weight excluding hydrogens is 330 g/mol. The van der Waals surface area contributed by atoms with E-state index in [1.54, 1.807) is 7.11 Å². The summed E-state index contributed by atoms with van der Waals surface area (Å²) in [5, 5.41) is 0. The minimum atomic E-state index is 0.589. The van der Waals surface area contributed by atoms with Gasteiger partial charge in [0.15, 0.2) is 11.5 Å². The number of hydrogen-bond acceptors (Lipinski definition) is 3. The average molecular weight is 348 g/mol. The standard InChI is InChI=1S/C17H18BrNO2/c1-4-21-17-15(18)9-13(10-16(17)20-3)11-19-14-7-5-12(2)6-8-14/h5-11H,4H2,1-3H3. The highest BCUT2D eigenvalue weighted by Gasteiger charge is 2.10. The summed E-state index contributed by atoms with van der Waals surface area (Å²) in [7, 11) is 1.63. The lowest BCUT2D eigenvalue weighted by atomic mass is 10.2. The molecule has 0 saturated heterocycles. The molecule has 0 spiro atoms. The fourth-order valence-corrected chi connectivity index (χ4v) is 2.45. The van der Waals surface area contributed by atoms with Gasteiger partial charge in [-0.2, -0.15) is 0 Å². The van der Waals surface area contributed by atoms with E-state index in [-0.39, 0.29) is 0 Å². The Morgan fingerprint density at radius 1 is 1.19 bits per heavy atom. The largest absolute Gasteiger partial charge is 0.493 e. The molecule has 21 heavy (non-hydrogen) atoms. The van der Waals surface area contributed by atoms with E-state index in [1.807, 2.05) is 49.5 Å². The van der Waals surface area contributed by atoms with Crippen LogP contribution in [0.2, 0.25) is 0 Å². The highest BCUT2D eigenvalue weighted by Crippen LogP contribution is 2.36. The molecule has 0 fully saturated rings. The van der Waals surface area contributed by atoms with Gasteiger partial charge in [-0.05, 0) is 59.6 Å². The van der Waals surface area contributed by atoms with E-state index in [1.165, 1.54) is 5.56 Å². The lowest BCUT2D eigenvalue weighted by Crippen LogP contribution is -1.97. The highest BCUT2D eigenvalue weighted by atomic mass is 79.9. The van der Waals surface area contributed by atoms with Crippen LogP contribution in [-0.4, -0.2) is 19.9 Å². The predicted octanol–water partition coefficient (Wildman–Crippen LogP) is 4.92. The van der Waals surface area contributed by atoms with E-state index < -0.39 is 0 Å². The summed E-state index contributed by atoms with van der Waals surface area (Å²) in [6.45, 7) is 4.59. The number of halogens is 1. The van der Waals surface area contributed by atoms with Gasteiger partial charge in [-0.3, -0.25) is 4.99 Å². The van der Waals surface area contributed by atoms with Crippen LogP contribution in [0.3, 0.4) is 0 Å². The third-order valence-electron chi connectivity index (χ3n) is 2.94. The van der Waals surface area contributed by atoms with Crippen molar-refractivity contribution in [2.75, 3.05) is 13.7 Å². The van der Waals surface area contributed by atoms with Gasteiger partial charge >= 0.3 is 0 Å². The van der Waals surface area contributed by atoms with Crippen molar-refractivity contribution in [3.63, 3.8) is 0 Å². The monoisotopic (exact) mass is 347 g/mol. The van der Waals surface area contributed by atoms with E-state index >= 15 is 0 Å². The maximum Gasteiger partial charge on any atom is 0.175 e. The molecule has 0 atom stereocenters. The molecule has 4 heteroatoms. The lowest BCUT2D eigenvalue weighted by Gasteiger charge is -2.11. The molecule has 0 unspecified atom stereocenters. The number of nitrogens with zero attached hydrogens (tertiary/aromatic N) is 1. The Morgan fingerprint density at radius 2 is 1.90 bits per heavy atom. The summed E-state index contributed by atoms with van der Waals surface area (Å²) in [6.07, 6.45) is 1.81. The third kappa shape index (κ3) is 4.08. The number of benzene rings is 2. The van der Waals surface area contributed by atoms with E-state index in [4.69, 9.17) is 9.47 Å². The van der Waals surface area contributed by atoms with Gasteiger partial charge < -0.3 is 9.47 Å². The summed E-state index contributed by atoms with van der Waals surface area (Å²) in [5.41, 5.74) is 3.09. The smallest absolute Gasteiger partial charge is 0.175 e. The number of hydrogen-bond donors (Lipinski definition) is 0. The molecule has 0 heterocycles. The Morgan fingerprint density at radius 3 is 2.52 bits per heavy atom. The molecule has 0 amide bonds. The Labute approximate surface area is 133 Å². The van der Waals surface area contributed by atoms with Crippen molar-refractivity contribution in [1.82, 2.24) is 0 Å². The van der Waals surface area contributed by atoms with Gasteiger partial charge in [-0.15, -0.1) is 0 Å². The zero-order chi connectivity index (χ0) is 15.2. The van der Waals surface area contributed by atoms with Crippen LogP contribution in [0.1, 0.15) is 18.1 Å². The van der Waals surface area contributed by atoms with Gasteiger partial charge in [0, 0.05) is 6.21 Å². The Hall–Kier alpha value is -1.81. The Kier molecular flexibility index (Phi) is 5.39. The normalized spacial score (nSPS) is 10.9. The van der Waals surface area contributed by atoms with Crippen LogP contribution in [0.15, 0.2) is 45.9 Å². The molecule has 110 valence electrons. The summed E-state index contributed by atoms with van der Waals surface area (Å²) in [5.74, 6) is 1.41. The number of aryl methyl sites for hydroxylation is 1. The highest BCUT2D eigenvalue weighted by molar-refractivity contribution is 9.10. The van der Waals surface area contributed by atoms with E-state index in [0.29, 0.717) is 18.1 Å². The quantitative estimate of drug-likeness (QED) is 0.719. The van der Waals surface area contributed by atoms with Gasteiger partial charge in [0.05, 0.1) is 23.9 Å². The zero-order valence-corrected chi connectivity index (χ0v) is 14.0. The van der Waals surface area contributed by atoms with E-state index in [2.05, 4.69) is 27.8 Å². The van der Waals surface area contributed by atoms with E-state index in [0.717, 1.165) is 15.7 Å². The first-order valence-electron chi connectivity index (χ1n) is 6.75. The fraction of sp³-hybridized carbons (Fsp3) is 0.235. The Balaban J connectivity index is 2.28. The molecule has 2 aromatic rings. The second-order valence-electron chi connectivity index (χ2n) is 4.56. The number of ether oxygens (including phenoxy) is 2. The molecule has 2 rings (SSSR count). The predicted molar refractivity (Wildman–Crippen MR) is 90.3 cm³/mol. The van der Waals surface area contributed by atoms with Gasteiger partial charge in [0.1, 0.15) is 0 Å². The maximum atomic E-state index is 5.57. The van der Waals surface area contributed by atoms with Crippen molar-refractivity contribution in [2.45, 2.75) is 13.8 Å². The first kappa shape index (κ1) is 15.6. The molecule has 3 nitrogen and oxygen atoms in total. The van der Waals surface area contributed by atoms with Crippen molar-refractivity contribution >= 4 is 27.8 Å². The van der Waals surface area contributed by atoms with Crippen LogP contribution in [-0.2, 0) is 0 Å². The number of rotatable bonds is 5. The Bertz CT molecular complexity index is 636. The van der Waals surface area contributed by atoms with Crippen LogP contribution in [0, 0.1) is 6.92 Å². The summed E-state index contributed by atoms with van der Waals surface area (Å²) in [6, 6.07) is 11.9. The molecular formula is C17H18BrNO2. The van der Waals surface area contributed by atoms with Crippen molar-refractivity contribution in [3.8, 4) is 11.5 Å². The molecule has 0 N–H and O–H groups in total. The van der Waals surface area contributed by atoms with Gasteiger partial charge in [0.25, 0.3) is 0 Å². The zero-order valence-electron chi connectivity index (χ0n) is 12.4. The molecule has 0 aliphatic heterocycles. The third-order valence-corrected chi connectivity index (χ3v) is 3.53. The van der Waals surface area contributed by atoms with Crippen LogP contribution in [0.25, 0.3) is 0 Å². The summed E-state index contributed by atoms with van der Waals surface area (Å²) in [4.78, 5) is 4.47. The van der Waals surface area contributed by atoms with Gasteiger partial charge in [0.2, 0.25) is 0 Å². The fourth-order valence-electron chi connectivity index (χ4n) is 1.88. The SMILES string of the molecule is CCOc1c(Br)cc(C=Nc2ccc(C)cc2)cc1OC. The lowest BCUT2D eigenvalue weighted by molar-refractivity contribution is 0.309. The number of aliphatic imine (C=N–C) groups is 1. The molecule has 0 saturated carbocycles. The van der Waals surface area contributed by atoms with Crippen molar-refractivity contribution in [3.05, 3.63) is 52.0 Å². The summed E-state index contributed by atoms with van der Waals surface area (Å²) < 4.78 is 11.8. The minimum absolute atomic E-state index is 0.589. The van der Waals surface area contributed by atoms with Crippen molar-refractivity contribution < 1.29 is 9.47 Å². The second-order valence-corrected chi connectivity index (χ2v) is 5.42. The molecule has 0 aliphatic rings. The first-order valence-corrected chi connectivity index (χ1v) is 7.54. The molecule has 2 aromatic carbocycles. The van der Waals surface area contributed by atoms with Crippen LogP contribution in [0.4, 0.5) is 5.69 Å². The topological polar surface area (TPSA) is 30.8 Å². The molecule has 0 bridgehead atoms. The molecule has 0 aliphatic carbocycles. The van der Waals surface area contributed by atoms with E-state index in [9.17, 15) is 0 Å². The molecule has 0 radical (unpaired) electrons. The van der Waals surface area contributed by atoms with Crippen molar-refractivity contribution in [2.24, 2.45) is 4.99 Å². The first-order chi connectivity index (χ1) is 10.1. The van der Waals surface area contributed by atoms with Crippen LogP contribution >= 0.6 is 15.9 Å². The summed E-state index contributed by atoms with van der Waals surface area (Å²) >= 11 is 3.51. The molecule has 0 aromatic heterocycles. The number of methoxy groups -OCH3 is 1. The van der Waals surface area contributed by atoms with Gasteiger partial charge in [-0.25, -0.2) is 0 Å². The average Bonchev–Trinajstić information content (AvgIpc) is 2.49. The van der Waals surface area contributed by atoms with Crippen LogP contribution in [0.5, 0.6) is 11.5 Å². The van der Waals surface area contributed by atoms with Crippen molar-refractivity contribution in [1.29, 1.82) is 0 Å². The second kappa shape index (κ2) is 7.27. The minimum Gasteiger partial charge on any atom is -0.493 e.